The molecule has 7 nitrogen and oxygen atoms in total. The maximum absolute atomic E-state index is 13.5. The summed E-state index contributed by atoms with van der Waals surface area (Å²) < 4.78 is 58.6. The molecule has 0 aliphatic heterocycles. The molecule has 204 valence electrons. The van der Waals surface area contributed by atoms with Crippen molar-refractivity contribution >= 4 is 5.91 Å². The largest absolute Gasteiger partial charge is 0.416 e. The van der Waals surface area contributed by atoms with Gasteiger partial charge in [-0.2, -0.15) is 18.3 Å². The highest BCUT2D eigenvalue weighted by Gasteiger charge is 2.34. The molecule has 0 aliphatic rings. The average molecular weight is 543 g/mol. The van der Waals surface area contributed by atoms with Crippen molar-refractivity contribution in [3.8, 4) is 0 Å². The number of H-pyrrole nitrogens is 2. The quantitative estimate of drug-likeness (QED) is 0.250. The Labute approximate surface area is 221 Å². The molecule has 2 aromatic carbocycles. The van der Waals surface area contributed by atoms with Crippen molar-refractivity contribution in [3.63, 3.8) is 0 Å². The molecule has 0 spiro atoms. The third-order valence-electron chi connectivity index (χ3n) is 6.31. The summed E-state index contributed by atoms with van der Waals surface area (Å²) in [5.74, 6) is -0.620. The lowest BCUT2D eigenvalue weighted by Gasteiger charge is -2.15. The molecule has 0 aliphatic carbocycles. The standard InChI is InChI=1S/C28H26F4N4O3/c1-39-16-24-21(13-18-9-7-17(8-10-18)12-19-5-3-11-33-26(19)37)25(36-35-24)27(38)34-15-20-4-2-6-23(22(20)14-29)28(30,31)32/h2-11H,12-16H2,1H3,(H,33,37)(H,34,38)(H,35,36). The normalized spacial score (nSPS) is 11.5. The van der Waals surface area contributed by atoms with Crippen LogP contribution in [-0.4, -0.2) is 28.2 Å². The highest BCUT2D eigenvalue weighted by atomic mass is 19.4. The fraction of sp³-hybridized carbons (Fsp3) is 0.250. The van der Waals surface area contributed by atoms with Gasteiger partial charge in [0.25, 0.3) is 11.5 Å². The first kappa shape index (κ1) is 27.8. The molecule has 0 fully saturated rings. The predicted octanol–water partition coefficient (Wildman–Crippen LogP) is 4.84. The first-order valence-electron chi connectivity index (χ1n) is 12.0. The predicted molar refractivity (Wildman–Crippen MR) is 136 cm³/mol. The van der Waals surface area contributed by atoms with Crippen LogP contribution in [-0.2, 0) is 43.6 Å². The summed E-state index contributed by atoms with van der Waals surface area (Å²) in [7, 11) is 1.50. The average Bonchev–Trinajstić information content (AvgIpc) is 3.31. The van der Waals surface area contributed by atoms with Crippen molar-refractivity contribution in [2.45, 2.75) is 38.8 Å². The Morgan fingerprint density at radius 1 is 0.974 bits per heavy atom. The minimum atomic E-state index is -4.71. The number of nitrogens with zero attached hydrogens (tertiary/aromatic N) is 1. The van der Waals surface area contributed by atoms with Crippen molar-refractivity contribution in [2.75, 3.05) is 7.11 Å². The SMILES string of the molecule is COCc1[nH]nc(C(=O)NCc2cccc(C(F)(F)F)c2CF)c1Cc1ccc(Cc2ccc[nH]c2=O)cc1. The molecule has 4 aromatic rings. The lowest BCUT2D eigenvalue weighted by Crippen LogP contribution is -2.25. The smallest absolute Gasteiger partial charge is 0.378 e. The lowest BCUT2D eigenvalue weighted by atomic mass is 9.99. The summed E-state index contributed by atoms with van der Waals surface area (Å²) in [5.41, 5.74) is 1.95. The van der Waals surface area contributed by atoms with Crippen molar-refractivity contribution in [1.29, 1.82) is 0 Å². The van der Waals surface area contributed by atoms with E-state index in [2.05, 4.69) is 20.5 Å². The molecule has 0 atom stereocenters. The van der Waals surface area contributed by atoms with E-state index in [0.717, 1.165) is 17.2 Å². The van der Waals surface area contributed by atoms with Crippen molar-refractivity contribution in [3.05, 3.63) is 121 Å². The maximum atomic E-state index is 13.5. The van der Waals surface area contributed by atoms with Crippen molar-refractivity contribution in [1.82, 2.24) is 20.5 Å². The van der Waals surface area contributed by atoms with E-state index >= 15 is 0 Å². The molecule has 2 heterocycles. The molecule has 0 saturated heterocycles. The van der Waals surface area contributed by atoms with Crippen LogP contribution >= 0.6 is 0 Å². The summed E-state index contributed by atoms with van der Waals surface area (Å²) in [6.07, 6.45) is -2.35. The van der Waals surface area contributed by atoms with Crippen LogP contribution in [0.2, 0.25) is 0 Å². The Hall–Kier alpha value is -4.25. The number of hydrogen-bond acceptors (Lipinski definition) is 4. The molecule has 0 saturated carbocycles. The van der Waals surface area contributed by atoms with Crippen LogP contribution in [0.3, 0.4) is 0 Å². The second kappa shape index (κ2) is 12.1. The number of aromatic amines is 2. The lowest BCUT2D eigenvalue weighted by molar-refractivity contribution is -0.138. The number of carbonyl (C=O) groups excluding carboxylic acids is 1. The van der Waals surface area contributed by atoms with E-state index < -0.39 is 29.9 Å². The third kappa shape index (κ3) is 6.61. The number of ether oxygens (including phenoxy) is 1. The summed E-state index contributed by atoms with van der Waals surface area (Å²) >= 11 is 0. The van der Waals surface area contributed by atoms with Gasteiger partial charge in [0.15, 0.2) is 5.69 Å². The van der Waals surface area contributed by atoms with E-state index in [0.29, 0.717) is 29.7 Å². The van der Waals surface area contributed by atoms with Crippen molar-refractivity contribution in [2.24, 2.45) is 0 Å². The molecular weight excluding hydrogens is 516 g/mol. The van der Waals surface area contributed by atoms with Crippen LogP contribution in [0, 0.1) is 0 Å². The van der Waals surface area contributed by atoms with E-state index in [1.807, 2.05) is 24.3 Å². The van der Waals surface area contributed by atoms with Gasteiger partial charge < -0.3 is 15.0 Å². The minimum Gasteiger partial charge on any atom is -0.378 e. The molecule has 4 rings (SSSR count). The number of nitrogens with one attached hydrogen (secondary N) is 3. The van der Waals surface area contributed by atoms with Crippen LogP contribution in [0.5, 0.6) is 0 Å². The zero-order valence-electron chi connectivity index (χ0n) is 21.0. The first-order valence-corrected chi connectivity index (χ1v) is 12.0. The Morgan fingerprint density at radius 2 is 1.67 bits per heavy atom. The molecule has 0 bridgehead atoms. The number of carbonyl (C=O) groups is 1. The third-order valence-corrected chi connectivity index (χ3v) is 6.31. The van der Waals surface area contributed by atoms with Gasteiger partial charge in [0.2, 0.25) is 0 Å². The summed E-state index contributed by atoms with van der Waals surface area (Å²) in [5, 5.41) is 9.47. The number of methoxy groups -OCH3 is 1. The maximum Gasteiger partial charge on any atom is 0.416 e. The Bertz CT molecular complexity index is 1490. The molecule has 3 N–H and O–H groups in total. The van der Waals surface area contributed by atoms with E-state index in [1.165, 1.54) is 19.2 Å². The van der Waals surface area contributed by atoms with Gasteiger partial charge in [0.05, 0.1) is 17.9 Å². The zero-order valence-corrected chi connectivity index (χ0v) is 21.0. The van der Waals surface area contributed by atoms with Crippen LogP contribution < -0.4 is 10.9 Å². The van der Waals surface area contributed by atoms with Gasteiger partial charge in [-0.05, 0) is 28.8 Å². The monoisotopic (exact) mass is 542 g/mol. The number of hydrogen-bond donors (Lipinski definition) is 3. The molecule has 11 heteroatoms. The van der Waals surface area contributed by atoms with Crippen LogP contribution in [0.1, 0.15) is 55.1 Å². The summed E-state index contributed by atoms with van der Waals surface area (Å²) in [4.78, 5) is 27.6. The van der Waals surface area contributed by atoms with Gasteiger partial charge in [-0.1, -0.05) is 42.5 Å². The molecule has 2 aromatic heterocycles. The summed E-state index contributed by atoms with van der Waals surface area (Å²) in [6, 6.07) is 14.4. The molecule has 1 amide bonds. The fourth-order valence-corrected chi connectivity index (χ4v) is 4.32. The highest BCUT2D eigenvalue weighted by molar-refractivity contribution is 5.94. The molecule has 0 radical (unpaired) electrons. The van der Waals surface area contributed by atoms with E-state index in [9.17, 15) is 27.2 Å². The molecule has 0 unspecified atom stereocenters. The van der Waals surface area contributed by atoms with E-state index in [-0.39, 0.29) is 30.0 Å². The van der Waals surface area contributed by atoms with E-state index in [4.69, 9.17) is 4.74 Å². The van der Waals surface area contributed by atoms with Gasteiger partial charge in [0, 0.05) is 49.4 Å². The molecule has 39 heavy (non-hydrogen) atoms. The van der Waals surface area contributed by atoms with E-state index in [1.54, 1.807) is 18.3 Å². The fourth-order valence-electron chi connectivity index (χ4n) is 4.32. The topological polar surface area (TPSA) is 99.9 Å². The number of rotatable bonds is 10. The van der Waals surface area contributed by atoms with Crippen LogP contribution in [0.4, 0.5) is 17.6 Å². The Morgan fingerprint density at radius 3 is 2.31 bits per heavy atom. The van der Waals surface area contributed by atoms with Gasteiger partial charge in [-0.25, -0.2) is 4.39 Å². The van der Waals surface area contributed by atoms with Gasteiger partial charge in [-0.3, -0.25) is 14.7 Å². The number of alkyl halides is 4. The second-order valence-corrected chi connectivity index (χ2v) is 8.91. The summed E-state index contributed by atoms with van der Waals surface area (Å²) in [6.45, 7) is -1.47. The highest BCUT2D eigenvalue weighted by Crippen LogP contribution is 2.34. The molecular formula is C28H26F4N4O3. The Balaban J connectivity index is 1.52. The van der Waals surface area contributed by atoms with Crippen LogP contribution in [0.25, 0.3) is 0 Å². The number of amides is 1. The van der Waals surface area contributed by atoms with Crippen LogP contribution in [0.15, 0.2) is 65.6 Å². The van der Waals surface area contributed by atoms with Gasteiger partial charge in [0.1, 0.15) is 6.67 Å². The minimum absolute atomic E-state index is 0.0303. The second-order valence-electron chi connectivity index (χ2n) is 8.91. The van der Waals surface area contributed by atoms with Crippen molar-refractivity contribution < 1.29 is 27.1 Å². The first-order chi connectivity index (χ1) is 18.7. The van der Waals surface area contributed by atoms with Gasteiger partial charge >= 0.3 is 6.18 Å². The Kier molecular flexibility index (Phi) is 8.60. The number of halogens is 4. The number of benzene rings is 2. The zero-order chi connectivity index (χ0) is 28.0. The van der Waals surface area contributed by atoms with Gasteiger partial charge in [-0.15, -0.1) is 0 Å². The number of pyridine rings is 1. The number of aromatic nitrogens is 3.